The highest BCUT2D eigenvalue weighted by atomic mass is 19.4. The average Bonchev–Trinajstić information content (AvgIpc) is 2.98. The number of benzene rings is 2. The lowest BCUT2D eigenvalue weighted by atomic mass is 9.88. The molecule has 0 aromatic heterocycles. The Morgan fingerprint density at radius 3 is 2.53 bits per heavy atom. The molecule has 1 N–H and O–H groups in total. The number of piperidine rings is 1. The molecule has 2 fully saturated rings. The van der Waals surface area contributed by atoms with Crippen LogP contribution in [0.5, 0.6) is 5.75 Å². The first kappa shape index (κ1) is 24.0. The van der Waals surface area contributed by atoms with Crippen LogP contribution in [0, 0.1) is 0 Å². The Hall–Kier alpha value is -3.11. The van der Waals surface area contributed by atoms with Gasteiger partial charge in [0.05, 0.1) is 6.67 Å². The van der Waals surface area contributed by atoms with Gasteiger partial charge in [-0.3, -0.25) is 14.6 Å². The lowest BCUT2D eigenvalue weighted by Gasteiger charge is -2.38. The van der Waals surface area contributed by atoms with Crippen LogP contribution in [0.3, 0.4) is 0 Å². The Kier molecular flexibility index (Phi) is 6.81. The fraction of sp³-hybridized carbons (Fsp3) is 0.417. The van der Waals surface area contributed by atoms with Gasteiger partial charge in [-0.2, -0.15) is 0 Å². The van der Waals surface area contributed by atoms with Crippen LogP contribution in [0.15, 0.2) is 54.6 Å². The summed E-state index contributed by atoms with van der Waals surface area (Å²) in [6, 6.07) is 15.3. The average molecular weight is 476 g/mol. The molecule has 0 aliphatic carbocycles. The number of urea groups is 1. The number of carbonyl (C=O) groups is 2. The van der Waals surface area contributed by atoms with Crippen LogP contribution in [0.4, 0.5) is 18.0 Å². The molecule has 2 saturated heterocycles. The molecule has 2 aromatic carbocycles. The van der Waals surface area contributed by atoms with Gasteiger partial charge in [-0.1, -0.05) is 48.5 Å². The molecular formula is C24H27F3N4O3. The zero-order valence-electron chi connectivity index (χ0n) is 18.8. The smallest absolute Gasteiger partial charge is 0.405 e. The van der Waals surface area contributed by atoms with Crippen molar-refractivity contribution in [3.63, 3.8) is 0 Å². The third-order valence-electron chi connectivity index (χ3n) is 6.09. The lowest BCUT2D eigenvalue weighted by molar-refractivity contribution is -0.275. The van der Waals surface area contributed by atoms with Crippen LogP contribution < -0.4 is 10.1 Å². The van der Waals surface area contributed by atoms with Gasteiger partial charge in [-0.15, -0.1) is 13.2 Å². The highest BCUT2D eigenvalue weighted by Crippen LogP contribution is 2.30. The Balaban J connectivity index is 1.41. The van der Waals surface area contributed by atoms with Crippen molar-refractivity contribution in [3.05, 3.63) is 65.7 Å². The van der Waals surface area contributed by atoms with Gasteiger partial charge in [-0.25, -0.2) is 9.69 Å². The number of halogens is 3. The Morgan fingerprint density at radius 1 is 1.09 bits per heavy atom. The van der Waals surface area contributed by atoms with Gasteiger partial charge in [0.15, 0.2) is 0 Å². The number of nitrogens with zero attached hydrogens (tertiary/aromatic N) is 3. The number of hydrogen-bond acceptors (Lipinski definition) is 5. The maximum absolute atomic E-state index is 13.3. The minimum atomic E-state index is -4.81. The van der Waals surface area contributed by atoms with Gasteiger partial charge in [-0.05, 0) is 38.1 Å². The number of ether oxygens (including phenoxy) is 1. The van der Waals surface area contributed by atoms with E-state index < -0.39 is 17.9 Å². The third kappa shape index (κ3) is 5.51. The van der Waals surface area contributed by atoms with Crippen molar-refractivity contribution in [1.29, 1.82) is 0 Å². The second-order valence-electron chi connectivity index (χ2n) is 8.86. The molecule has 7 nitrogen and oxygen atoms in total. The summed E-state index contributed by atoms with van der Waals surface area (Å²) in [5, 5.41) is 2.89. The van der Waals surface area contributed by atoms with Gasteiger partial charge in [0.25, 0.3) is 5.91 Å². The Bertz CT molecular complexity index is 1030. The molecule has 182 valence electrons. The molecule has 0 radical (unpaired) electrons. The lowest BCUT2D eigenvalue weighted by Crippen LogP contribution is -2.58. The van der Waals surface area contributed by atoms with E-state index in [2.05, 4.69) is 15.0 Å². The summed E-state index contributed by atoms with van der Waals surface area (Å²) in [5.74, 6) is -0.610. The molecule has 2 aliphatic rings. The monoisotopic (exact) mass is 476 g/mol. The van der Waals surface area contributed by atoms with Crippen molar-refractivity contribution in [2.75, 3.05) is 26.8 Å². The third-order valence-corrected chi connectivity index (χ3v) is 6.09. The molecule has 4 rings (SSSR count). The minimum absolute atomic E-state index is 0.0501. The van der Waals surface area contributed by atoms with E-state index in [0.717, 1.165) is 23.4 Å². The normalized spacial score (nSPS) is 21.4. The SMILES string of the molecule is CN(Cc1ccccc1OC(F)(F)F)CN1C(=O)N[C@@]2(CCCN(Cc3ccccc3)C2)C1=O. The van der Waals surface area contributed by atoms with Gasteiger partial charge >= 0.3 is 12.4 Å². The van der Waals surface area contributed by atoms with Crippen molar-refractivity contribution in [2.45, 2.75) is 37.8 Å². The molecule has 0 saturated carbocycles. The number of nitrogens with one attached hydrogen (secondary N) is 1. The summed E-state index contributed by atoms with van der Waals surface area (Å²) >= 11 is 0. The number of alkyl halides is 3. The van der Waals surface area contributed by atoms with Crippen LogP contribution in [-0.2, 0) is 17.9 Å². The zero-order valence-corrected chi connectivity index (χ0v) is 18.8. The number of carbonyl (C=O) groups excluding carboxylic acids is 2. The molecule has 1 spiro atoms. The van der Waals surface area contributed by atoms with Crippen LogP contribution in [-0.4, -0.2) is 65.3 Å². The summed E-state index contributed by atoms with van der Waals surface area (Å²) in [7, 11) is 1.64. The van der Waals surface area contributed by atoms with Crippen LogP contribution in [0.25, 0.3) is 0 Å². The predicted molar refractivity (Wildman–Crippen MR) is 119 cm³/mol. The molecule has 1 atom stereocenters. The van der Waals surface area contributed by atoms with E-state index in [-0.39, 0.29) is 24.9 Å². The maximum atomic E-state index is 13.3. The number of imide groups is 1. The second-order valence-corrected chi connectivity index (χ2v) is 8.86. The van der Waals surface area contributed by atoms with E-state index in [4.69, 9.17) is 0 Å². The highest BCUT2D eigenvalue weighted by molar-refractivity contribution is 6.07. The van der Waals surface area contributed by atoms with Crippen LogP contribution >= 0.6 is 0 Å². The van der Waals surface area contributed by atoms with Gasteiger partial charge in [0, 0.05) is 25.2 Å². The summed E-state index contributed by atoms with van der Waals surface area (Å²) < 4.78 is 42.2. The summed E-state index contributed by atoms with van der Waals surface area (Å²) in [6.45, 7) is 1.94. The van der Waals surface area contributed by atoms with Gasteiger partial charge in [0.1, 0.15) is 11.3 Å². The number of rotatable bonds is 7. The number of hydrogen-bond donors (Lipinski definition) is 1. The largest absolute Gasteiger partial charge is 0.573 e. The predicted octanol–water partition coefficient (Wildman–Crippen LogP) is 3.56. The van der Waals surface area contributed by atoms with Crippen molar-refractivity contribution >= 4 is 11.9 Å². The Morgan fingerprint density at radius 2 is 1.79 bits per heavy atom. The van der Waals surface area contributed by atoms with Crippen molar-refractivity contribution in [3.8, 4) is 5.75 Å². The zero-order chi connectivity index (χ0) is 24.3. The molecule has 0 unspecified atom stereocenters. The van der Waals surface area contributed by atoms with Crippen LogP contribution in [0.1, 0.15) is 24.0 Å². The number of amides is 3. The van der Waals surface area contributed by atoms with Crippen molar-refractivity contribution in [2.24, 2.45) is 0 Å². The first-order valence-electron chi connectivity index (χ1n) is 11.1. The number of likely N-dealkylation sites (tertiary alicyclic amines) is 1. The fourth-order valence-corrected chi connectivity index (χ4v) is 4.64. The van der Waals surface area contributed by atoms with E-state index in [1.54, 1.807) is 18.0 Å². The fourth-order valence-electron chi connectivity index (χ4n) is 4.64. The first-order valence-corrected chi connectivity index (χ1v) is 11.1. The van der Waals surface area contributed by atoms with Gasteiger partial charge < -0.3 is 10.1 Å². The second kappa shape index (κ2) is 9.63. The molecule has 2 aromatic rings. The quantitative estimate of drug-likeness (QED) is 0.620. The molecule has 2 aliphatic heterocycles. The summed E-state index contributed by atoms with van der Waals surface area (Å²) in [5.41, 5.74) is 0.450. The summed E-state index contributed by atoms with van der Waals surface area (Å²) in [4.78, 5) is 31.0. The molecule has 10 heteroatoms. The van der Waals surface area contributed by atoms with Crippen molar-refractivity contribution < 1.29 is 27.5 Å². The van der Waals surface area contributed by atoms with E-state index in [9.17, 15) is 22.8 Å². The molecule has 3 amide bonds. The van der Waals surface area contributed by atoms with E-state index in [1.807, 2.05) is 30.3 Å². The van der Waals surface area contributed by atoms with Gasteiger partial charge in [0.2, 0.25) is 0 Å². The topological polar surface area (TPSA) is 65.1 Å². The standard InChI is InChI=1S/C24H27F3N4O3/c1-29(15-19-10-5-6-11-20(19)34-24(25,26)27)17-31-21(32)23(28-22(31)33)12-7-13-30(16-23)14-18-8-3-2-4-9-18/h2-6,8-11H,7,12-17H2,1H3,(H,28,33)/t23-/m1/s1. The highest BCUT2D eigenvalue weighted by Gasteiger charge is 2.53. The summed E-state index contributed by atoms with van der Waals surface area (Å²) in [6.07, 6.45) is -3.49. The van der Waals surface area contributed by atoms with E-state index >= 15 is 0 Å². The number of para-hydroxylation sites is 1. The molecule has 0 bridgehead atoms. The molecular weight excluding hydrogens is 449 g/mol. The molecule has 34 heavy (non-hydrogen) atoms. The molecule has 2 heterocycles. The maximum Gasteiger partial charge on any atom is 0.573 e. The van der Waals surface area contributed by atoms with Crippen molar-refractivity contribution in [1.82, 2.24) is 20.0 Å². The Labute approximate surface area is 196 Å². The first-order chi connectivity index (χ1) is 16.2. The van der Waals surface area contributed by atoms with E-state index in [0.29, 0.717) is 25.1 Å². The minimum Gasteiger partial charge on any atom is -0.405 e. The van der Waals surface area contributed by atoms with Crippen LogP contribution in [0.2, 0.25) is 0 Å². The van der Waals surface area contributed by atoms with E-state index in [1.165, 1.54) is 18.2 Å².